The molecule has 0 spiro atoms. The summed E-state index contributed by atoms with van der Waals surface area (Å²) in [5.74, 6) is 0.478. The van der Waals surface area contributed by atoms with Gasteiger partial charge in [-0.1, -0.05) is 17.7 Å². The fraction of sp³-hybridized carbons (Fsp3) is 0.188. The van der Waals surface area contributed by atoms with Crippen molar-refractivity contribution in [1.82, 2.24) is 19.9 Å². The molecule has 2 heterocycles. The zero-order valence-electron chi connectivity index (χ0n) is 13.2. The van der Waals surface area contributed by atoms with Crippen LogP contribution >= 0.6 is 0 Å². The number of sulfonamides is 1. The average molecular weight is 344 g/mol. The molecule has 0 saturated heterocycles. The van der Waals surface area contributed by atoms with Crippen LogP contribution in [0.2, 0.25) is 0 Å². The second-order valence-corrected chi connectivity index (χ2v) is 7.07. The zero-order valence-corrected chi connectivity index (χ0v) is 14.0. The Hall–Kier alpha value is -2.58. The summed E-state index contributed by atoms with van der Waals surface area (Å²) >= 11 is 0. The van der Waals surface area contributed by atoms with E-state index in [4.69, 9.17) is 4.42 Å². The van der Waals surface area contributed by atoms with Crippen LogP contribution in [-0.4, -0.2) is 23.6 Å². The fourth-order valence-corrected chi connectivity index (χ4v) is 3.47. The van der Waals surface area contributed by atoms with Crippen molar-refractivity contribution in [2.24, 2.45) is 0 Å². The van der Waals surface area contributed by atoms with Crippen molar-refractivity contribution in [3.05, 3.63) is 59.7 Å². The SMILES string of the molecule is Cc1ccc(S(=O)(=O)NCc2nnc(-c3cccnc3)o2)c(C)c1. The normalized spacial score (nSPS) is 11.6. The van der Waals surface area contributed by atoms with Crippen LogP contribution in [0.5, 0.6) is 0 Å². The molecule has 0 unspecified atom stereocenters. The average Bonchev–Trinajstić information content (AvgIpc) is 3.02. The van der Waals surface area contributed by atoms with E-state index in [1.54, 1.807) is 43.6 Å². The van der Waals surface area contributed by atoms with E-state index in [0.29, 0.717) is 17.0 Å². The van der Waals surface area contributed by atoms with Crippen LogP contribution in [0.4, 0.5) is 0 Å². The molecule has 0 aliphatic heterocycles. The van der Waals surface area contributed by atoms with Crippen molar-refractivity contribution in [3.8, 4) is 11.5 Å². The highest BCUT2D eigenvalue weighted by molar-refractivity contribution is 7.89. The third-order valence-electron chi connectivity index (χ3n) is 3.41. The van der Waals surface area contributed by atoms with Gasteiger partial charge < -0.3 is 4.42 Å². The van der Waals surface area contributed by atoms with Gasteiger partial charge in [-0.3, -0.25) is 4.98 Å². The molecule has 0 amide bonds. The Bertz CT molecular complexity index is 952. The Morgan fingerprint density at radius 3 is 2.71 bits per heavy atom. The first kappa shape index (κ1) is 16.3. The predicted molar refractivity (Wildman–Crippen MR) is 87.5 cm³/mol. The fourth-order valence-electron chi connectivity index (χ4n) is 2.27. The first-order chi connectivity index (χ1) is 11.5. The molecule has 1 N–H and O–H groups in total. The molecule has 3 aromatic rings. The Kier molecular flexibility index (Phi) is 4.41. The van der Waals surface area contributed by atoms with E-state index in [1.165, 1.54) is 0 Å². The second-order valence-electron chi connectivity index (χ2n) is 5.34. The molecule has 0 aliphatic carbocycles. The van der Waals surface area contributed by atoms with Gasteiger partial charge in [-0.15, -0.1) is 10.2 Å². The summed E-state index contributed by atoms with van der Waals surface area (Å²) in [5.41, 5.74) is 2.36. The van der Waals surface area contributed by atoms with Gasteiger partial charge in [-0.2, -0.15) is 0 Å². The Labute approximate surface area is 139 Å². The molecule has 0 radical (unpaired) electrons. The maximum Gasteiger partial charge on any atom is 0.249 e. The lowest BCUT2D eigenvalue weighted by atomic mass is 10.2. The molecule has 3 rings (SSSR count). The molecule has 0 aliphatic rings. The molecular weight excluding hydrogens is 328 g/mol. The number of pyridine rings is 1. The van der Waals surface area contributed by atoms with Crippen LogP contribution in [0.15, 0.2) is 52.0 Å². The zero-order chi connectivity index (χ0) is 17.2. The van der Waals surface area contributed by atoms with Gasteiger partial charge in [0, 0.05) is 12.4 Å². The summed E-state index contributed by atoms with van der Waals surface area (Å²) in [6, 6.07) is 8.70. The second kappa shape index (κ2) is 6.50. The summed E-state index contributed by atoms with van der Waals surface area (Å²) in [6.45, 7) is 3.59. The van der Waals surface area contributed by atoms with Crippen molar-refractivity contribution in [2.75, 3.05) is 0 Å². The summed E-state index contributed by atoms with van der Waals surface area (Å²) in [4.78, 5) is 4.21. The lowest BCUT2D eigenvalue weighted by Crippen LogP contribution is -2.24. The van der Waals surface area contributed by atoms with Crippen molar-refractivity contribution >= 4 is 10.0 Å². The molecule has 0 bridgehead atoms. The van der Waals surface area contributed by atoms with E-state index in [-0.39, 0.29) is 17.3 Å². The van der Waals surface area contributed by atoms with Gasteiger partial charge in [0.15, 0.2) is 0 Å². The largest absolute Gasteiger partial charge is 0.419 e. The quantitative estimate of drug-likeness (QED) is 0.762. The molecule has 1 aromatic carbocycles. The summed E-state index contributed by atoms with van der Waals surface area (Å²) in [5, 5.41) is 7.75. The smallest absolute Gasteiger partial charge is 0.249 e. The minimum atomic E-state index is -3.65. The van der Waals surface area contributed by atoms with Crippen LogP contribution in [-0.2, 0) is 16.6 Å². The Balaban J connectivity index is 1.75. The summed E-state index contributed by atoms with van der Waals surface area (Å²) < 4.78 is 32.7. The van der Waals surface area contributed by atoms with Gasteiger partial charge in [0.05, 0.1) is 17.0 Å². The highest BCUT2D eigenvalue weighted by Crippen LogP contribution is 2.18. The van der Waals surface area contributed by atoms with Gasteiger partial charge in [-0.25, -0.2) is 13.1 Å². The number of benzene rings is 1. The molecule has 0 saturated carbocycles. The number of nitrogens with one attached hydrogen (secondary N) is 1. The topological polar surface area (TPSA) is 98.0 Å². The van der Waals surface area contributed by atoms with Crippen LogP contribution in [0.1, 0.15) is 17.0 Å². The molecule has 0 atom stereocenters. The van der Waals surface area contributed by atoms with E-state index in [2.05, 4.69) is 19.9 Å². The predicted octanol–water partition coefficient (Wildman–Crippen LogP) is 2.23. The van der Waals surface area contributed by atoms with Gasteiger partial charge in [0.2, 0.25) is 21.8 Å². The van der Waals surface area contributed by atoms with E-state index in [0.717, 1.165) is 5.56 Å². The van der Waals surface area contributed by atoms with Gasteiger partial charge in [0.25, 0.3) is 0 Å². The van der Waals surface area contributed by atoms with E-state index < -0.39 is 10.0 Å². The van der Waals surface area contributed by atoms with Gasteiger partial charge in [0.1, 0.15) is 0 Å². The number of aryl methyl sites for hydroxylation is 2. The highest BCUT2D eigenvalue weighted by Gasteiger charge is 2.18. The number of hydrogen-bond acceptors (Lipinski definition) is 6. The summed E-state index contributed by atoms with van der Waals surface area (Å²) in [7, 11) is -3.65. The maximum absolute atomic E-state index is 12.4. The van der Waals surface area contributed by atoms with Crippen LogP contribution in [0, 0.1) is 13.8 Å². The van der Waals surface area contributed by atoms with Crippen molar-refractivity contribution in [2.45, 2.75) is 25.3 Å². The lowest BCUT2D eigenvalue weighted by molar-refractivity contribution is 0.494. The van der Waals surface area contributed by atoms with Crippen LogP contribution < -0.4 is 4.72 Å². The van der Waals surface area contributed by atoms with Crippen LogP contribution in [0.3, 0.4) is 0 Å². The minimum Gasteiger partial charge on any atom is -0.419 e. The first-order valence-corrected chi connectivity index (χ1v) is 8.74. The van der Waals surface area contributed by atoms with E-state index in [9.17, 15) is 8.42 Å². The van der Waals surface area contributed by atoms with Crippen molar-refractivity contribution in [3.63, 3.8) is 0 Å². The minimum absolute atomic E-state index is 0.0804. The van der Waals surface area contributed by atoms with E-state index >= 15 is 0 Å². The molecule has 7 nitrogen and oxygen atoms in total. The molecule has 24 heavy (non-hydrogen) atoms. The molecule has 0 fully saturated rings. The number of nitrogens with zero attached hydrogens (tertiary/aromatic N) is 3. The first-order valence-electron chi connectivity index (χ1n) is 7.25. The van der Waals surface area contributed by atoms with Crippen molar-refractivity contribution in [1.29, 1.82) is 0 Å². The number of hydrogen-bond donors (Lipinski definition) is 1. The third kappa shape index (κ3) is 3.50. The number of aromatic nitrogens is 3. The molecule has 2 aromatic heterocycles. The van der Waals surface area contributed by atoms with Gasteiger partial charge in [-0.05, 0) is 37.6 Å². The summed E-state index contributed by atoms with van der Waals surface area (Å²) in [6.07, 6.45) is 3.23. The highest BCUT2D eigenvalue weighted by atomic mass is 32.2. The van der Waals surface area contributed by atoms with Crippen LogP contribution in [0.25, 0.3) is 11.5 Å². The standard InChI is InChI=1S/C16H16N4O3S/c1-11-5-6-14(12(2)8-11)24(21,22)18-10-15-19-20-16(23-15)13-4-3-7-17-9-13/h3-9,18H,10H2,1-2H3. The molecule has 8 heteroatoms. The van der Waals surface area contributed by atoms with Crippen molar-refractivity contribution < 1.29 is 12.8 Å². The Morgan fingerprint density at radius 1 is 1.17 bits per heavy atom. The van der Waals surface area contributed by atoms with E-state index in [1.807, 2.05) is 13.0 Å². The molecule has 124 valence electrons. The number of rotatable bonds is 5. The third-order valence-corrected chi connectivity index (χ3v) is 4.97. The van der Waals surface area contributed by atoms with Gasteiger partial charge >= 0.3 is 0 Å². The molecular formula is C16H16N4O3S. The Morgan fingerprint density at radius 2 is 2.00 bits per heavy atom. The monoisotopic (exact) mass is 344 g/mol. The lowest BCUT2D eigenvalue weighted by Gasteiger charge is -2.08. The maximum atomic E-state index is 12.4.